The van der Waals surface area contributed by atoms with E-state index in [1.54, 1.807) is 11.8 Å². The van der Waals surface area contributed by atoms with Crippen LogP contribution in [0.3, 0.4) is 0 Å². The first kappa shape index (κ1) is 31.8. The van der Waals surface area contributed by atoms with Crippen molar-refractivity contribution in [1.82, 2.24) is 20.1 Å². The number of aromatic nitrogens is 2. The van der Waals surface area contributed by atoms with Crippen LogP contribution in [-0.2, 0) is 0 Å². The number of nitrogens with one attached hydrogen (secondary N) is 3. The maximum Gasteiger partial charge on any atom is 0.333 e. The van der Waals surface area contributed by atoms with Crippen LogP contribution in [0, 0.1) is 12.8 Å². The first-order chi connectivity index (χ1) is 18.1. The maximum absolute atomic E-state index is 12.4. The Morgan fingerprint density at radius 2 is 1.62 bits per heavy atom. The Balaban J connectivity index is 1.63. The van der Waals surface area contributed by atoms with E-state index in [0.29, 0.717) is 11.0 Å². The van der Waals surface area contributed by atoms with Gasteiger partial charge in [0.1, 0.15) is 0 Å². The number of amides is 2. The number of carbonyl (C=O) groups is 1. The molecule has 0 fully saturated rings. The van der Waals surface area contributed by atoms with E-state index in [-0.39, 0.29) is 6.03 Å². The van der Waals surface area contributed by atoms with Crippen LogP contribution >= 0.6 is 35.1 Å². The summed E-state index contributed by atoms with van der Waals surface area (Å²) in [5, 5.41) is 4.40. The second-order valence-electron chi connectivity index (χ2n) is 9.63. The average molecular weight is 566 g/mol. The fraction of sp³-hybridized carbons (Fsp3) is 0.679. The van der Waals surface area contributed by atoms with Crippen molar-refractivity contribution in [3.05, 3.63) is 29.8 Å². The topological polar surface area (TPSA) is 78.9 Å². The molecule has 1 aromatic heterocycles. The first-order valence-corrected chi connectivity index (χ1v) is 16.8. The van der Waals surface area contributed by atoms with Crippen LogP contribution in [0.15, 0.2) is 34.3 Å². The van der Waals surface area contributed by atoms with Crippen molar-refractivity contribution in [3.8, 4) is 0 Å². The lowest BCUT2D eigenvalue weighted by Gasteiger charge is -2.18. The lowest BCUT2D eigenvalue weighted by molar-refractivity contribution is 0.239. The molecule has 0 radical (unpaired) electrons. The highest BCUT2D eigenvalue weighted by atomic mass is 32.2. The summed E-state index contributed by atoms with van der Waals surface area (Å²) in [4.78, 5) is 18.1. The van der Waals surface area contributed by atoms with Crippen LogP contribution in [0.1, 0.15) is 96.5 Å². The van der Waals surface area contributed by atoms with Crippen molar-refractivity contribution in [3.63, 3.8) is 0 Å². The zero-order valence-electron chi connectivity index (χ0n) is 23.0. The van der Waals surface area contributed by atoms with E-state index in [9.17, 15) is 4.79 Å². The molecule has 208 valence electrons. The van der Waals surface area contributed by atoms with Gasteiger partial charge in [0.2, 0.25) is 10.3 Å². The molecular weight excluding hydrogens is 519 g/mol. The number of anilines is 1. The van der Waals surface area contributed by atoms with Gasteiger partial charge >= 0.3 is 6.03 Å². The second-order valence-corrected chi connectivity index (χ2v) is 12.6. The molecule has 1 aromatic carbocycles. The number of carbonyl (C=O) groups excluding carboxylic acids is 1. The molecule has 0 saturated carbocycles. The molecule has 2 rings (SSSR count). The molecule has 9 heteroatoms. The predicted molar refractivity (Wildman–Crippen MR) is 163 cm³/mol. The van der Waals surface area contributed by atoms with Gasteiger partial charge in [-0.05, 0) is 37.8 Å². The summed E-state index contributed by atoms with van der Waals surface area (Å²) in [5.41, 5.74) is 6.91. The zero-order chi connectivity index (χ0) is 26.6. The third-order valence-electron chi connectivity index (χ3n) is 6.25. The van der Waals surface area contributed by atoms with Crippen molar-refractivity contribution in [2.24, 2.45) is 5.92 Å². The van der Waals surface area contributed by atoms with E-state index in [2.05, 4.69) is 70.6 Å². The number of urea groups is 1. The number of aryl methyl sites for hydroxylation is 1. The molecule has 0 bridgehead atoms. The Labute approximate surface area is 237 Å². The Morgan fingerprint density at radius 1 is 0.946 bits per heavy atom. The van der Waals surface area contributed by atoms with Crippen LogP contribution in [0.5, 0.6) is 0 Å². The SMILES string of the molecule is CCCCCCCCC(CCCCCC)CNC(=O)NNc1nc(SCCSc2cccc(C)c2)ns1. The van der Waals surface area contributed by atoms with Crippen molar-refractivity contribution in [2.45, 2.75) is 108 Å². The smallest absolute Gasteiger partial charge is 0.333 e. The fourth-order valence-electron chi connectivity index (χ4n) is 4.13. The van der Waals surface area contributed by atoms with Gasteiger partial charge in [-0.15, -0.1) is 11.8 Å². The van der Waals surface area contributed by atoms with Crippen molar-refractivity contribution in [2.75, 3.05) is 23.5 Å². The summed E-state index contributed by atoms with van der Waals surface area (Å²) in [6.07, 6.45) is 15.4. The predicted octanol–water partition coefficient (Wildman–Crippen LogP) is 8.69. The number of hydrazine groups is 1. The van der Waals surface area contributed by atoms with Crippen molar-refractivity contribution < 1.29 is 4.79 Å². The molecule has 0 aliphatic heterocycles. The quantitative estimate of drug-likeness (QED) is 0.0798. The number of hydrogen-bond donors (Lipinski definition) is 3. The minimum absolute atomic E-state index is 0.208. The molecule has 2 amide bonds. The summed E-state index contributed by atoms with van der Waals surface area (Å²) in [6.45, 7) is 7.35. The van der Waals surface area contributed by atoms with Gasteiger partial charge < -0.3 is 5.32 Å². The molecule has 0 aliphatic rings. The van der Waals surface area contributed by atoms with Crippen molar-refractivity contribution >= 4 is 46.2 Å². The summed E-state index contributed by atoms with van der Waals surface area (Å²) < 4.78 is 4.39. The van der Waals surface area contributed by atoms with Gasteiger partial charge in [-0.3, -0.25) is 5.43 Å². The van der Waals surface area contributed by atoms with Gasteiger partial charge in [0.15, 0.2) is 0 Å². The molecule has 2 aromatic rings. The Hall–Kier alpha value is -1.45. The third kappa shape index (κ3) is 15.5. The van der Waals surface area contributed by atoms with E-state index in [0.717, 1.165) is 23.2 Å². The highest BCUT2D eigenvalue weighted by molar-refractivity contribution is 8.02. The van der Waals surface area contributed by atoms with Gasteiger partial charge in [0.25, 0.3) is 0 Å². The molecule has 0 saturated heterocycles. The van der Waals surface area contributed by atoms with E-state index in [1.165, 1.54) is 99.0 Å². The Bertz CT molecular complexity index is 864. The Kier molecular flexibility index (Phi) is 17.6. The number of hydrogen-bond acceptors (Lipinski definition) is 7. The number of thioether (sulfide) groups is 2. The molecule has 1 atom stereocenters. The van der Waals surface area contributed by atoms with Crippen molar-refractivity contribution in [1.29, 1.82) is 0 Å². The highest BCUT2D eigenvalue weighted by Gasteiger charge is 2.11. The van der Waals surface area contributed by atoms with Crippen LogP contribution in [-0.4, -0.2) is 33.4 Å². The fourth-order valence-corrected chi connectivity index (χ4v) is 6.62. The van der Waals surface area contributed by atoms with Crippen LogP contribution in [0.4, 0.5) is 9.93 Å². The van der Waals surface area contributed by atoms with Gasteiger partial charge in [0.05, 0.1) is 0 Å². The number of benzene rings is 1. The molecule has 1 heterocycles. The average Bonchev–Trinajstić information content (AvgIpc) is 3.35. The van der Waals surface area contributed by atoms with Gasteiger partial charge in [0, 0.05) is 34.5 Å². The largest absolute Gasteiger partial charge is 0.336 e. The molecule has 3 N–H and O–H groups in total. The lowest BCUT2D eigenvalue weighted by Crippen LogP contribution is -2.41. The molecule has 0 aliphatic carbocycles. The summed E-state index contributed by atoms with van der Waals surface area (Å²) in [6, 6.07) is 8.35. The monoisotopic (exact) mass is 565 g/mol. The molecule has 1 unspecified atom stereocenters. The number of rotatable bonds is 21. The van der Waals surface area contributed by atoms with Gasteiger partial charge in [-0.2, -0.15) is 9.36 Å². The van der Waals surface area contributed by atoms with E-state index in [4.69, 9.17) is 0 Å². The zero-order valence-corrected chi connectivity index (χ0v) is 25.5. The summed E-state index contributed by atoms with van der Waals surface area (Å²) in [7, 11) is 0. The number of unbranched alkanes of at least 4 members (excludes halogenated alkanes) is 8. The second kappa shape index (κ2) is 20.5. The van der Waals surface area contributed by atoms with Crippen LogP contribution in [0.2, 0.25) is 0 Å². The molecular formula is C28H47N5OS3. The van der Waals surface area contributed by atoms with E-state index >= 15 is 0 Å². The van der Waals surface area contributed by atoms with Crippen LogP contribution in [0.25, 0.3) is 0 Å². The van der Waals surface area contributed by atoms with E-state index in [1.807, 2.05) is 11.8 Å². The molecule has 6 nitrogen and oxygen atoms in total. The highest BCUT2D eigenvalue weighted by Crippen LogP contribution is 2.24. The Morgan fingerprint density at radius 3 is 2.35 bits per heavy atom. The van der Waals surface area contributed by atoms with Gasteiger partial charge in [-0.1, -0.05) is 108 Å². The lowest BCUT2D eigenvalue weighted by atomic mass is 9.94. The third-order valence-corrected chi connectivity index (χ3v) is 9.10. The maximum atomic E-state index is 12.4. The number of nitrogens with zero attached hydrogens (tertiary/aromatic N) is 2. The minimum Gasteiger partial charge on any atom is -0.336 e. The molecule has 37 heavy (non-hydrogen) atoms. The van der Waals surface area contributed by atoms with Crippen LogP contribution < -0.4 is 16.2 Å². The minimum atomic E-state index is -0.208. The van der Waals surface area contributed by atoms with E-state index < -0.39 is 0 Å². The molecule has 0 spiro atoms. The summed E-state index contributed by atoms with van der Waals surface area (Å²) >= 11 is 4.75. The standard InChI is InChI=1S/C28H47N5OS3/c1-4-6-8-10-11-13-17-24(16-12-9-7-5-2)22-29-26(34)31-32-27-30-28(33-37-27)36-20-19-35-25-18-14-15-23(3)21-25/h14-15,18,21,24H,4-13,16-17,19-20,22H2,1-3H3,(H2,29,31,34)(H,30,32,33). The summed E-state index contributed by atoms with van der Waals surface area (Å²) in [5.74, 6) is 2.48. The first-order valence-electron chi connectivity index (χ1n) is 14.1. The van der Waals surface area contributed by atoms with Gasteiger partial charge in [-0.25, -0.2) is 10.2 Å². The normalized spacial score (nSPS) is 11.9.